The molecular formula is C15H21F3IN7S. The van der Waals surface area contributed by atoms with Crippen molar-refractivity contribution in [2.24, 2.45) is 10.9 Å². The van der Waals surface area contributed by atoms with Gasteiger partial charge >= 0.3 is 6.18 Å². The maximum atomic E-state index is 12.6. The summed E-state index contributed by atoms with van der Waals surface area (Å²) in [6.07, 6.45) is -2.52. The Bertz CT molecular complexity index is 787. The van der Waals surface area contributed by atoms with Crippen LogP contribution in [0, 0.1) is 12.8 Å². The van der Waals surface area contributed by atoms with Gasteiger partial charge in [-0.25, -0.2) is 4.98 Å². The van der Waals surface area contributed by atoms with E-state index in [1.54, 1.807) is 7.05 Å². The minimum Gasteiger partial charge on any atom is -0.356 e. The molecule has 7 nitrogen and oxygen atoms in total. The topological polar surface area (TPSA) is 80.0 Å². The van der Waals surface area contributed by atoms with Gasteiger partial charge in [-0.15, -0.1) is 45.5 Å². The molecule has 0 saturated heterocycles. The van der Waals surface area contributed by atoms with Crippen LogP contribution in [0.15, 0.2) is 10.4 Å². The highest BCUT2D eigenvalue weighted by molar-refractivity contribution is 14.0. The minimum absolute atomic E-state index is 0. The fourth-order valence-electron chi connectivity index (χ4n) is 2.84. The first-order chi connectivity index (χ1) is 12.4. The van der Waals surface area contributed by atoms with Crippen molar-refractivity contribution in [1.82, 2.24) is 30.4 Å². The smallest absolute Gasteiger partial charge is 0.356 e. The molecule has 2 aromatic rings. The molecule has 0 saturated carbocycles. The molecule has 0 fully saturated rings. The van der Waals surface area contributed by atoms with Crippen LogP contribution in [0.4, 0.5) is 13.2 Å². The lowest BCUT2D eigenvalue weighted by molar-refractivity contribution is -0.140. The van der Waals surface area contributed by atoms with E-state index >= 15 is 0 Å². The van der Waals surface area contributed by atoms with Crippen molar-refractivity contribution in [2.45, 2.75) is 39.0 Å². The van der Waals surface area contributed by atoms with E-state index in [1.165, 1.54) is 0 Å². The Kier molecular flexibility index (Phi) is 7.42. The van der Waals surface area contributed by atoms with Gasteiger partial charge in [-0.2, -0.15) is 13.2 Å². The number of hydrogen-bond donors (Lipinski definition) is 2. The number of thiazole rings is 1. The van der Waals surface area contributed by atoms with Gasteiger partial charge < -0.3 is 15.2 Å². The van der Waals surface area contributed by atoms with Crippen molar-refractivity contribution in [3.05, 3.63) is 27.7 Å². The van der Waals surface area contributed by atoms with E-state index in [4.69, 9.17) is 0 Å². The highest BCUT2D eigenvalue weighted by atomic mass is 127. The second-order valence-electron chi connectivity index (χ2n) is 6.11. The number of aliphatic imine (C=N–C) groups is 1. The zero-order valence-corrected chi connectivity index (χ0v) is 18.0. The molecule has 1 aliphatic rings. The summed E-state index contributed by atoms with van der Waals surface area (Å²) >= 11 is 0.976. The Morgan fingerprint density at radius 3 is 2.81 bits per heavy atom. The monoisotopic (exact) mass is 515 g/mol. The third-order valence-electron chi connectivity index (χ3n) is 4.26. The number of nitrogens with zero attached hydrogens (tertiary/aromatic N) is 5. The summed E-state index contributed by atoms with van der Waals surface area (Å²) in [4.78, 5) is 7.71. The van der Waals surface area contributed by atoms with Crippen LogP contribution in [0.25, 0.3) is 0 Å². The van der Waals surface area contributed by atoms with Gasteiger partial charge in [-0.1, -0.05) is 0 Å². The molecule has 0 aliphatic carbocycles. The van der Waals surface area contributed by atoms with E-state index in [0.717, 1.165) is 47.8 Å². The highest BCUT2D eigenvalue weighted by Gasteiger charge is 2.33. The lowest BCUT2D eigenvalue weighted by atomic mass is 9.99. The van der Waals surface area contributed by atoms with Crippen LogP contribution in [0.2, 0.25) is 0 Å². The van der Waals surface area contributed by atoms with Gasteiger partial charge in [0.2, 0.25) is 0 Å². The van der Waals surface area contributed by atoms with E-state index in [2.05, 4.69) is 35.4 Å². The molecule has 0 amide bonds. The molecule has 12 heteroatoms. The van der Waals surface area contributed by atoms with Crippen molar-refractivity contribution in [3.8, 4) is 0 Å². The first kappa shape index (κ1) is 21.9. The molecular weight excluding hydrogens is 494 g/mol. The van der Waals surface area contributed by atoms with Crippen molar-refractivity contribution in [1.29, 1.82) is 0 Å². The van der Waals surface area contributed by atoms with E-state index in [9.17, 15) is 13.2 Å². The number of hydrogen-bond acceptors (Lipinski definition) is 5. The van der Waals surface area contributed by atoms with Gasteiger partial charge in [-0.3, -0.25) is 4.99 Å². The first-order valence-electron chi connectivity index (χ1n) is 8.21. The van der Waals surface area contributed by atoms with Gasteiger partial charge in [0, 0.05) is 31.9 Å². The van der Waals surface area contributed by atoms with Crippen molar-refractivity contribution in [3.63, 3.8) is 0 Å². The quantitative estimate of drug-likeness (QED) is 0.372. The molecule has 27 heavy (non-hydrogen) atoms. The summed E-state index contributed by atoms with van der Waals surface area (Å²) < 4.78 is 39.9. The van der Waals surface area contributed by atoms with Crippen molar-refractivity contribution >= 4 is 41.3 Å². The zero-order valence-electron chi connectivity index (χ0n) is 14.9. The first-order valence-corrected chi connectivity index (χ1v) is 9.09. The predicted molar refractivity (Wildman–Crippen MR) is 107 cm³/mol. The van der Waals surface area contributed by atoms with Gasteiger partial charge in [0.1, 0.15) is 16.7 Å². The zero-order chi connectivity index (χ0) is 18.7. The van der Waals surface area contributed by atoms with Crippen LogP contribution in [-0.4, -0.2) is 39.3 Å². The van der Waals surface area contributed by atoms with Crippen LogP contribution in [-0.2, 0) is 25.7 Å². The lowest BCUT2D eigenvalue weighted by Gasteiger charge is -2.24. The summed E-state index contributed by atoms with van der Waals surface area (Å²) in [5.74, 6) is 2.88. The number of halogens is 4. The number of aryl methyl sites for hydroxylation is 2. The molecule has 1 unspecified atom stereocenters. The third kappa shape index (κ3) is 5.53. The number of nitrogens with one attached hydrogen (secondary N) is 2. The van der Waals surface area contributed by atoms with E-state index in [0.29, 0.717) is 23.4 Å². The van der Waals surface area contributed by atoms with Crippen LogP contribution in [0.1, 0.15) is 28.8 Å². The maximum Gasteiger partial charge on any atom is 0.434 e. The summed E-state index contributed by atoms with van der Waals surface area (Å²) in [6, 6.07) is 0. The summed E-state index contributed by atoms with van der Waals surface area (Å²) in [7, 11) is 1.63. The normalized spacial score (nSPS) is 17.2. The summed E-state index contributed by atoms with van der Waals surface area (Å²) in [6.45, 7) is 3.69. The van der Waals surface area contributed by atoms with Crippen molar-refractivity contribution < 1.29 is 13.2 Å². The standard InChI is InChI=1S/C15H20F3N7S.HI/c1-9-23-24-12-4-3-10(7-25(9)12)5-20-14(19-2)21-6-13-22-11(8-26-13)15(16,17)18;/h8,10H,3-7H2,1-2H3,(H2,19,20,21);1H. The Hall–Kier alpha value is -1.44. The third-order valence-corrected chi connectivity index (χ3v) is 5.11. The largest absolute Gasteiger partial charge is 0.434 e. The van der Waals surface area contributed by atoms with Crippen LogP contribution < -0.4 is 10.6 Å². The van der Waals surface area contributed by atoms with Crippen LogP contribution in [0.5, 0.6) is 0 Å². The van der Waals surface area contributed by atoms with E-state index < -0.39 is 11.9 Å². The fourth-order valence-corrected chi connectivity index (χ4v) is 3.58. The Labute approximate surface area is 175 Å². The second-order valence-corrected chi connectivity index (χ2v) is 7.05. The number of fused-ring (bicyclic) bond motifs is 1. The van der Waals surface area contributed by atoms with Crippen LogP contribution in [0.3, 0.4) is 0 Å². The van der Waals surface area contributed by atoms with Gasteiger partial charge in [0.25, 0.3) is 0 Å². The van der Waals surface area contributed by atoms with Gasteiger partial charge in [-0.05, 0) is 19.3 Å². The van der Waals surface area contributed by atoms with E-state index in [-0.39, 0.29) is 30.5 Å². The fraction of sp³-hybridized carbons (Fsp3) is 0.600. The SMILES string of the molecule is CN=C(NCc1nc(C(F)(F)F)cs1)NCC1CCc2nnc(C)n2C1.I. The molecule has 0 radical (unpaired) electrons. The number of guanidine groups is 1. The van der Waals surface area contributed by atoms with Gasteiger partial charge in [0.05, 0.1) is 6.54 Å². The molecule has 0 bridgehead atoms. The number of rotatable bonds is 4. The maximum absolute atomic E-state index is 12.6. The molecule has 0 spiro atoms. The molecule has 2 aromatic heterocycles. The average Bonchev–Trinajstić information content (AvgIpc) is 3.22. The van der Waals surface area contributed by atoms with Crippen LogP contribution >= 0.6 is 35.3 Å². The highest BCUT2D eigenvalue weighted by Crippen LogP contribution is 2.29. The summed E-state index contributed by atoms with van der Waals surface area (Å²) in [5, 5.41) is 15.9. The number of aromatic nitrogens is 4. The lowest BCUT2D eigenvalue weighted by Crippen LogP contribution is -2.41. The summed E-state index contributed by atoms with van der Waals surface area (Å²) in [5.41, 5.74) is -0.857. The molecule has 150 valence electrons. The molecule has 1 atom stereocenters. The molecule has 0 aromatic carbocycles. The van der Waals surface area contributed by atoms with Gasteiger partial charge in [0.15, 0.2) is 11.7 Å². The Balaban J connectivity index is 0.00000261. The van der Waals surface area contributed by atoms with Crippen molar-refractivity contribution in [2.75, 3.05) is 13.6 Å². The number of alkyl halides is 3. The Morgan fingerprint density at radius 1 is 1.37 bits per heavy atom. The minimum atomic E-state index is -4.41. The second kappa shape index (κ2) is 9.17. The molecule has 2 N–H and O–H groups in total. The average molecular weight is 515 g/mol. The molecule has 1 aliphatic heterocycles. The molecule has 3 rings (SSSR count). The predicted octanol–water partition coefficient (Wildman–Crippen LogP) is 2.61. The molecule has 3 heterocycles. The van der Waals surface area contributed by atoms with E-state index in [1.807, 2.05) is 6.92 Å². The Morgan fingerprint density at radius 2 is 2.15 bits per heavy atom.